The number of nitrogens with one attached hydrogen (secondary N) is 3. The molecule has 0 atom stereocenters. The van der Waals surface area contributed by atoms with Crippen LogP contribution < -0.4 is 16.0 Å². The van der Waals surface area contributed by atoms with Crippen LogP contribution in [0.4, 0.5) is 17.1 Å². The molecule has 0 saturated heterocycles. The van der Waals surface area contributed by atoms with Gasteiger partial charge in [0.25, 0.3) is 5.91 Å². The van der Waals surface area contributed by atoms with Crippen molar-refractivity contribution < 1.29 is 4.79 Å². The average molecular weight is 426 g/mol. The zero-order valence-electron chi connectivity index (χ0n) is 13.7. The van der Waals surface area contributed by atoms with Gasteiger partial charge in [-0.15, -0.1) is 0 Å². The van der Waals surface area contributed by atoms with Crippen LogP contribution in [-0.2, 0) is 0 Å². The topological polar surface area (TPSA) is 53.2 Å². The molecule has 0 fully saturated rings. The summed E-state index contributed by atoms with van der Waals surface area (Å²) in [4.78, 5) is 12.2. The molecule has 26 heavy (non-hydrogen) atoms. The van der Waals surface area contributed by atoms with Crippen molar-refractivity contribution in [2.45, 2.75) is 0 Å². The Balaban J connectivity index is 1.55. The number of halogens is 1. The fourth-order valence-corrected chi connectivity index (χ4v) is 2.74. The predicted octanol–water partition coefficient (Wildman–Crippen LogP) is 5.32. The lowest BCUT2D eigenvalue weighted by molar-refractivity contribution is 0.0977. The maximum absolute atomic E-state index is 12.2. The van der Waals surface area contributed by atoms with Gasteiger partial charge >= 0.3 is 0 Å². The number of hydrogen-bond donors (Lipinski definition) is 3. The van der Waals surface area contributed by atoms with Crippen LogP contribution in [0, 0.1) is 0 Å². The molecule has 3 rings (SSSR count). The molecule has 0 radical (unpaired) electrons. The maximum atomic E-state index is 12.2. The van der Waals surface area contributed by atoms with Gasteiger partial charge in [0.2, 0.25) is 0 Å². The zero-order valence-corrected chi connectivity index (χ0v) is 16.1. The molecule has 130 valence electrons. The molecule has 0 aromatic heterocycles. The molecule has 0 saturated carbocycles. The maximum Gasteiger partial charge on any atom is 0.257 e. The Labute approximate surface area is 165 Å². The first-order valence-electron chi connectivity index (χ1n) is 7.90. The highest BCUT2D eigenvalue weighted by Crippen LogP contribution is 2.18. The Morgan fingerprint density at radius 1 is 0.769 bits per heavy atom. The van der Waals surface area contributed by atoms with Crippen LogP contribution in [0.1, 0.15) is 10.4 Å². The van der Waals surface area contributed by atoms with Crippen molar-refractivity contribution in [3.05, 3.63) is 88.9 Å². The molecule has 6 heteroatoms. The Bertz CT molecular complexity index is 897. The van der Waals surface area contributed by atoms with Crippen LogP contribution in [0.15, 0.2) is 83.3 Å². The van der Waals surface area contributed by atoms with Crippen LogP contribution in [0.25, 0.3) is 0 Å². The van der Waals surface area contributed by atoms with Gasteiger partial charge in [0.15, 0.2) is 5.11 Å². The van der Waals surface area contributed by atoms with Crippen molar-refractivity contribution in [2.75, 3.05) is 10.6 Å². The van der Waals surface area contributed by atoms with E-state index in [1.807, 2.05) is 66.7 Å². The van der Waals surface area contributed by atoms with Gasteiger partial charge in [-0.25, -0.2) is 0 Å². The molecule has 0 aliphatic carbocycles. The highest BCUT2D eigenvalue weighted by Gasteiger charge is 2.07. The van der Waals surface area contributed by atoms with Crippen LogP contribution in [0.5, 0.6) is 0 Å². The van der Waals surface area contributed by atoms with Gasteiger partial charge in [-0.3, -0.25) is 10.1 Å². The van der Waals surface area contributed by atoms with Gasteiger partial charge in [0.1, 0.15) is 0 Å². The van der Waals surface area contributed by atoms with Gasteiger partial charge in [-0.2, -0.15) is 0 Å². The van der Waals surface area contributed by atoms with Crippen molar-refractivity contribution >= 4 is 56.2 Å². The summed E-state index contributed by atoms with van der Waals surface area (Å²) in [7, 11) is 0. The van der Waals surface area contributed by atoms with Gasteiger partial charge in [0.05, 0.1) is 0 Å². The second kappa shape index (κ2) is 8.60. The summed E-state index contributed by atoms with van der Waals surface area (Å²) in [5.74, 6) is -0.252. The Hall–Kier alpha value is -2.70. The van der Waals surface area contributed by atoms with Crippen LogP contribution in [-0.4, -0.2) is 11.0 Å². The number of carbonyl (C=O) groups is 1. The number of para-hydroxylation sites is 1. The predicted molar refractivity (Wildman–Crippen MR) is 114 cm³/mol. The van der Waals surface area contributed by atoms with Gasteiger partial charge in [-0.1, -0.05) is 34.1 Å². The molecule has 4 nitrogen and oxygen atoms in total. The molecule has 0 aliphatic heterocycles. The van der Waals surface area contributed by atoms with E-state index in [2.05, 4.69) is 31.9 Å². The fraction of sp³-hybridized carbons (Fsp3) is 0. The largest absolute Gasteiger partial charge is 0.356 e. The summed E-state index contributed by atoms with van der Waals surface area (Å²) >= 11 is 8.55. The molecule has 3 aromatic carbocycles. The molecule has 0 aliphatic rings. The van der Waals surface area contributed by atoms with Gasteiger partial charge in [-0.05, 0) is 72.9 Å². The zero-order chi connectivity index (χ0) is 18.4. The van der Waals surface area contributed by atoms with Crippen molar-refractivity contribution in [2.24, 2.45) is 0 Å². The first kappa shape index (κ1) is 18.1. The Kier molecular flexibility index (Phi) is 5.99. The number of benzene rings is 3. The van der Waals surface area contributed by atoms with E-state index >= 15 is 0 Å². The second-order valence-electron chi connectivity index (χ2n) is 5.48. The SMILES string of the molecule is O=C(NC(=S)Nc1ccc(Nc2ccccc2)cc1)c1ccc(Br)cc1. The standard InChI is InChI=1S/C20H16BrN3OS/c21-15-8-6-14(7-9-15)19(25)24-20(26)23-18-12-10-17(11-13-18)22-16-4-2-1-3-5-16/h1-13,22H,(H2,23,24,25,26). The second-order valence-corrected chi connectivity index (χ2v) is 6.81. The summed E-state index contributed by atoms with van der Waals surface area (Å²) in [5, 5.41) is 9.24. The molecule has 0 bridgehead atoms. The van der Waals surface area contributed by atoms with E-state index in [0.29, 0.717) is 5.56 Å². The van der Waals surface area contributed by atoms with E-state index in [1.165, 1.54) is 0 Å². The molecule has 0 spiro atoms. The molecule has 0 heterocycles. The molecule has 3 N–H and O–H groups in total. The molecule has 3 aromatic rings. The number of thiocarbonyl (C=S) groups is 1. The van der Waals surface area contributed by atoms with Crippen LogP contribution in [0.3, 0.4) is 0 Å². The normalized spacial score (nSPS) is 10.0. The van der Waals surface area contributed by atoms with Crippen molar-refractivity contribution in [3.8, 4) is 0 Å². The number of anilines is 3. The minimum absolute atomic E-state index is 0.252. The van der Waals surface area contributed by atoms with Crippen molar-refractivity contribution in [1.29, 1.82) is 0 Å². The Morgan fingerprint density at radius 3 is 2.00 bits per heavy atom. The third-order valence-corrected chi connectivity index (χ3v) is 4.27. The number of carbonyl (C=O) groups excluding carboxylic acids is 1. The van der Waals surface area contributed by atoms with E-state index in [9.17, 15) is 4.79 Å². The van der Waals surface area contributed by atoms with E-state index in [-0.39, 0.29) is 11.0 Å². The van der Waals surface area contributed by atoms with E-state index < -0.39 is 0 Å². The number of hydrogen-bond acceptors (Lipinski definition) is 3. The summed E-state index contributed by atoms with van der Waals surface area (Å²) in [6.07, 6.45) is 0. The lowest BCUT2D eigenvalue weighted by Gasteiger charge is -2.11. The van der Waals surface area contributed by atoms with E-state index in [4.69, 9.17) is 12.2 Å². The van der Waals surface area contributed by atoms with Crippen LogP contribution in [0.2, 0.25) is 0 Å². The molecule has 1 amide bonds. The highest BCUT2D eigenvalue weighted by molar-refractivity contribution is 9.10. The smallest absolute Gasteiger partial charge is 0.257 e. The Morgan fingerprint density at radius 2 is 1.35 bits per heavy atom. The van der Waals surface area contributed by atoms with Crippen molar-refractivity contribution in [3.63, 3.8) is 0 Å². The lowest BCUT2D eigenvalue weighted by Crippen LogP contribution is -2.34. The fourth-order valence-electron chi connectivity index (χ4n) is 2.26. The minimum atomic E-state index is -0.252. The van der Waals surface area contributed by atoms with Gasteiger partial charge in [0, 0.05) is 27.1 Å². The highest BCUT2D eigenvalue weighted by atomic mass is 79.9. The van der Waals surface area contributed by atoms with Crippen LogP contribution >= 0.6 is 28.1 Å². The summed E-state index contributed by atoms with van der Waals surface area (Å²) in [6, 6.07) is 24.7. The van der Waals surface area contributed by atoms with E-state index in [1.54, 1.807) is 12.1 Å². The summed E-state index contributed by atoms with van der Waals surface area (Å²) < 4.78 is 0.916. The van der Waals surface area contributed by atoms with Gasteiger partial charge < -0.3 is 10.6 Å². The third-order valence-electron chi connectivity index (χ3n) is 3.54. The third kappa shape index (κ3) is 5.15. The minimum Gasteiger partial charge on any atom is -0.356 e. The quantitative estimate of drug-likeness (QED) is 0.495. The molecule has 0 unspecified atom stereocenters. The first-order valence-corrected chi connectivity index (χ1v) is 9.10. The summed E-state index contributed by atoms with van der Waals surface area (Å²) in [6.45, 7) is 0. The molecular formula is C20H16BrN3OS. The van der Waals surface area contributed by atoms with Crippen molar-refractivity contribution in [1.82, 2.24) is 5.32 Å². The lowest BCUT2D eigenvalue weighted by atomic mass is 10.2. The molecular weight excluding hydrogens is 410 g/mol. The summed E-state index contributed by atoms with van der Waals surface area (Å²) in [5.41, 5.74) is 3.32. The number of rotatable bonds is 4. The average Bonchev–Trinajstić information content (AvgIpc) is 2.64. The number of amides is 1. The first-order chi connectivity index (χ1) is 12.6. The van der Waals surface area contributed by atoms with E-state index in [0.717, 1.165) is 21.5 Å². The monoisotopic (exact) mass is 425 g/mol.